The third-order valence-electron chi connectivity index (χ3n) is 5.60. The normalized spacial score (nSPS) is 16.1. The van der Waals surface area contributed by atoms with Gasteiger partial charge in [0, 0.05) is 30.3 Å². The number of carbonyl (C=O) groups excluding carboxylic acids is 1. The molecule has 1 N–H and O–H groups in total. The van der Waals surface area contributed by atoms with Gasteiger partial charge in [-0.15, -0.1) is 0 Å². The highest BCUT2D eigenvalue weighted by Gasteiger charge is 2.20. The Morgan fingerprint density at radius 2 is 2.03 bits per heavy atom. The van der Waals surface area contributed by atoms with Gasteiger partial charge in [-0.2, -0.15) is 10.4 Å². The molecule has 1 atom stereocenters. The molecular weight excluding hydrogens is 416 g/mol. The first-order valence-electron chi connectivity index (χ1n) is 10.9. The van der Waals surface area contributed by atoms with E-state index in [-0.39, 0.29) is 11.7 Å². The molecule has 7 nitrogen and oxygen atoms in total. The number of hydrogen-bond acceptors (Lipinski definition) is 5. The van der Waals surface area contributed by atoms with Gasteiger partial charge in [-0.1, -0.05) is 36.4 Å². The summed E-state index contributed by atoms with van der Waals surface area (Å²) in [7, 11) is 0. The minimum Gasteiger partial charge on any atom is -0.454 e. The molecule has 0 spiro atoms. The summed E-state index contributed by atoms with van der Waals surface area (Å²) in [5.74, 6) is 0.130. The second-order valence-corrected chi connectivity index (χ2v) is 7.88. The summed E-state index contributed by atoms with van der Waals surface area (Å²) in [4.78, 5) is 12.7. The summed E-state index contributed by atoms with van der Waals surface area (Å²) < 4.78 is 13.3. The van der Waals surface area contributed by atoms with Crippen molar-refractivity contribution in [3.8, 4) is 23.2 Å². The van der Waals surface area contributed by atoms with Crippen LogP contribution in [0.1, 0.15) is 18.4 Å². The molecule has 5 rings (SSSR count). The second-order valence-electron chi connectivity index (χ2n) is 7.88. The van der Waals surface area contributed by atoms with Gasteiger partial charge in [-0.25, -0.2) is 4.68 Å². The highest BCUT2D eigenvalue weighted by Crippen LogP contribution is 2.31. The number of para-hydroxylation sites is 2. The van der Waals surface area contributed by atoms with Crippen molar-refractivity contribution in [3.63, 3.8) is 0 Å². The molecule has 33 heavy (non-hydrogen) atoms. The van der Waals surface area contributed by atoms with E-state index in [9.17, 15) is 10.1 Å². The van der Waals surface area contributed by atoms with E-state index in [1.54, 1.807) is 17.0 Å². The van der Waals surface area contributed by atoms with Gasteiger partial charge in [0.15, 0.2) is 5.76 Å². The monoisotopic (exact) mass is 438 g/mol. The highest BCUT2D eigenvalue weighted by atomic mass is 16.5. The Bertz CT molecular complexity index is 1320. The van der Waals surface area contributed by atoms with Gasteiger partial charge in [-0.05, 0) is 43.2 Å². The molecule has 7 heteroatoms. The summed E-state index contributed by atoms with van der Waals surface area (Å²) >= 11 is 0. The minimum atomic E-state index is -0.434. The van der Waals surface area contributed by atoms with Crippen molar-refractivity contribution in [1.29, 1.82) is 5.26 Å². The van der Waals surface area contributed by atoms with Crippen molar-refractivity contribution in [3.05, 3.63) is 78.0 Å². The molecule has 1 aliphatic heterocycles. The molecule has 0 bridgehead atoms. The summed E-state index contributed by atoms with van der Waals surface area (Å²) in [5.41, 5.74) is 2.76. The first-order chi connectivity index (χ1) is 16.2. The van der Waals surface area contributed by atoms with Gasteiger partial charge in [-0.3, -0.25) is 4.79 Å². The molecule has 1 saturated heterocycles. The van der Waals surface area contributed by atoms with Crippen LogP contribution in [0, 0.1) is 11.3 Å². The fraction of sp³-hybridized carbons (Fsp3) is 0.192. The SMILES string of the molecule is N#CC(=Cc1cn(-c2ccccc2)nc1-c1cc2ccccc2o1)C(=O)NCC1CCCO1. The van der Waals surface area contributed by atoms with Crippen molar-refractivity contribution in [2.45, 2.75) is 18.9 Å². The smallest absolute Gasteiger partial charge is 0.262 e. The van der Waals surface area contributed by atoms with E-state index in [0.29, 0.717) is 30.2 Å². The van der Waals surface area contributed by atoms with Crippen molar-refractivity contribution in [2.75, 3.05) is 13.2 Å². The first-order valence-corrected chi connectivity index (χ1v) is 10.9. The van der Waals surface area contributed by atoms with Crippen LogP contribution >= 0.6 is 0 Å². The lowest BCUT2D eigenvalue weighted by atomic mass is 10.1. The first kappa shape index (κ1) is 20.7. The van der Waals surface area contributed by atoms with Gasteiger partial charge in [0.25, 0.3) is 5.91 Å². The van der Waals surface area contributed by atoms with Crippen LogP contribution in [0.5, 0.6) is 0 Å². The summed E-state index contributed by atoms with van der Waals surface area (Å²) in [6, 6.07) is 21.3. The number of hydrogen-bond donors (Lipinski definition) is 1. The average Bonchev–Trinajstić information content (AvgIpc) is 3.60. The summed E-state index contributed by atoms with van der Waals surface area (Å²) in [6.07, 6.45) is 5.25. The predicted octanol–water partition coefficient (Wildman–Crippen LogP) is 4.49. The van der Waals surface area contributed by atoms with Gasteiger partial charge in [0.2, 0.25) is 0 Å². The third kappa shape index (κ3) is 4.43. The Morgan fingerprint density at radius 1 is 1.21 bits per heavy atom. The van der Waals surface area contributed by atoms with Crippen LogP contribution in [-0.2, 0) is 9.53 Å². The van der Waals surface area contributed by atoms with Gasteiger partial charge in [0.1, 0.15) is 22.9 Å². The second kappa shape index (κ2) is 9.15. The summed E-state index contributed by atoms with van der Waals surface area (Å²) in [5, 5.41) is 18.2. The standard InChI is InChI=1S/C26H22N4O3/c27-15-19(26(31)28-16-22-10-6-12-32-22)13-20-17-30(21-8-2-1-3-9-21)29-25(20)24-14-18-7-4-5-11-23(18)33-24/h1-5,7-9,11,13-14,17,22H,6,10,12,16H2,(H,28,31). The highest BCUT2D eigenvalue weighted by molar-refractivity contribution is 6.02. The number of carbonyl (C=O) groups is 1. The Balaban J connectivity index is 1.52. The molecular formula is C26H22N4O3. The van der Waals surface area contributed by atoms with Gasteiger partial charge in [0.05, 0.1) is 11.8 Å². The number of nitriles is 1. The van der Waals surface area contributed by atoms with Crippen LogP contribution in [0.15, 0.2) is 76.9 Å². The Kier molecular flexibility index (Phi) is 5.75. The van der Waals surface area contributed by atoms with E-state index in [2.05, 4.69) is 5.32 Å². The molecule has 0 saturated carbocycles. The molecule has 3 heterocycles. The van der Waals surface area contributed by atoms with E-state index in [4.69, 9.17) is 14.3 Å². The van der Waals surface area contributed by atoms with Crippen molar-refractivity contribution in [2.24, 2.45) is 0 Å². The Hall–Kier alpha value is -4.15. The molecule has 0 radical (unpaired) electrons. The van der Waals surface area contributed by atoms with E-state index in [1.165, 1.54) is 0 Å². The van der Waals surface area contributed by atoms with Crippen LogP contribution in [0.4, 0.5) is 0 Å². The lowest BCUT2D eigenvalue weighted by Crippen LogP contribution is -2.32. The molecule has 1 unspecified atom stereocenters. The number of fused-ring (bicyclic) bond motifs is 1. The van der Waals surface area contributed by atoms with Crippen LogP contribution in [0.2, 0.25) is 0 Å². The van der Waals surface area contributed by atoms with Crippen LogP contribution in [0.3, 0.4) is 0 Å². The number of benzene rings is 2. The molecule has 4 aromatic rings. The zero-order chi connectivity index (χ0) is 22.6. The molecule has 1 aliphatic rings. The number of aromatic nitrogens is 2. The number of nitrogens with zero attached hydrogens (tertiary/aromatic N) is 3. The molecule has 2 aromatic heterocycles. The minimum absolute atomic E-state index is 0.000771. The lowest BCUT2D eigenvalue weighted by molar-refractivity contribution is -0.117. The van der Waals surface area contributed by atoms with Crippen molar-refractivity contribution in [1.82, 2.24) is 15.1 Å². The van der Waals surface area contributed by atoms with E-state index >= 15 is 0 Å². The fourth-order valence-electron chi connectivity index (χ4n) is 3.91. The van der Waals surface area contributed by atoms with Gasteiger partial charge >= 0.3 is 0 Å². The predicted molar refractivity (Wildman–Crippen MR) is 124 cm³/mol. The van der Waals surface area contributed by atoms with Gasteiger partial charge < -0.3 is 14.5 Å². The molecule has 1 fully saturated rings. The zero-order valence-electron chi connectivity index (χ0n) is 17.9. The number of ether oxygens (including phenoxy) is 1. The zero-order valence-corrected chi connectivity index (χ0v) is 17.9. The number of furan rings is 1. The quantitative estimate of drug-likeness (QED) is 0.354. The maximum atomic E-state index is 12.7. The Labute approximate surface area is 190 Å². The number of rotatable bonds is 6. The maximum absolute atomic E-state index is 12.7. The lowest BCUT2D eigenvalue weighted by Gasteiger charge is -2.10. The van der Waals surface area contributed by atoms with Crippen LogP contribution < -0.4 is 5.32 Å². The van der Waals surface area contributed by atoms with Crippen molar-refractivity contribution >= 4 is 23.0 Å². The number of nitrogens with one attached hydrogen (secondary N) is 1. The number of amides is 1. The maximum Gasteiger partial charge on any atom is 0.262 e. The molecule has 164 valence electrons. The summed E-state index contributed by atoms with van der Waals surface area (Å²) in [6.45, 7) is 1.10. The third-order valence-corrected chi connectivity index (χ3v) is 5.60. The molecule has 1 amide bonds. The topological polar surface area (TPSA) is 93.1 Å². The molecule has 2 aromatic carbocycles. The van der Waals surface area contributed by atoms with E-state index in [1.807, 2.05) is 66.7 Å². The van der Waals surface area contributed by atoms with Crippen LogP contribution in [-0.4, -0.2) is 34.9 Å². The fourth-order valence-corrected chi connectivity index (χ4v) is 3.91. The van der Waals surface area contributed by atoms with Crippen LogP contribution in [0.25, 0.3) is 34.2 Å². The largest absolute Gasteiger partial charge is 0.454 e. The molecule has 0 aliphatic carbocycles. The van der Waals surface area contributed by atoms with E-state index in [0.717, 1.165) is 29.5 Å². The van der Waals surface area contributed by atoms with E-state index < -0.39 is 5.91 Å². The van der Waals surface area contributed by atoms with Crippen molar-refractivity contribution < 1.29 is 13.9 Å². The Morgan fingerprint density at radius 3 is 2.79 bits per heavy atom. The average molecular weight is 438 g/mol.